The lowest BCUT2D eigenvalue weighted by Crippen LogP contribution is -2.29. The zero-order valence-electron chi connectivity index (χ0n) is 31.5. The summed E-state index contributed by atoms with van der Waals surface area (Å²) in [4.78, 5) is 34.7. The van der Waals surface area contributed by atoms with Crippen LogP contribution in [0.5, 0.6) is 0 Å². The molecule has 0 fully saturated rings. The SMILES string of the molecule is CCCCCCCC/C=C/C/C=C/C=C/C(O)CCCC(=O)OC[C@H](COP(=O)(O)OCCN)OC(=O)CCCCCCCCCCCCC. The fourth-order valence-corrected chi connectivity index (χ4v) is 5.94. The Kier molecular flexibility index (Phi) is 34.3. The maximum absolute atomic E-state index is 12.5. The van der Waals surface area contributed by atoms with E-state index in [-0.39, 0.29) is 32.6 Å². The first-order valence-corrected chi connectivity index (χ1v) is 21.1. The second-order valence-electron chi connectivity index (χ2n) is 13.0. The summed E-state index contributed by atoms with van der Waals surface area (Å²) in [6, 6.07) is 0. The third-order valence-electron chi connectivity index (χ3n) is 8.13. The highest BCUT2D eigenvalue weighted by molar-refractivity contribution is 7.47. The lowest BCUT2D eigenvalue weighted by Gasteiger charge is -2.20. The number of unbranched alkanes of at least 4 members (excludes halogenated alkanes) is 16. The van der Waals surface area contributed by atoms with Crippen LogP contribution >= 0.6 is 7.82 Å². The van der Waals surface area contributed by atoms with Gasteiger partial charge in [-0.15, -0.1) is 0 Å². The van der Waals surface area contributed by atoms with Crippen molar-refractivity contribution in [3.8, 4) is 0 Å². The van der Waals surface area contributed by atoms with Crippen LogP contribution in [0.4, 0.5) is 0 Å². The Bertz CT molecular complexity index is 941. The second kappa shape index (κ2) is 35.6. The minimum atomic E-state index is -4.41. The van der Waals surface area contributed by atoms with E-state index in [4.69, 9.17) is 24.3 Å². The van der Waals surface area contributed by atoms with E-state index < -0.39 is 38.6 Å². The summed E-state index contributed by atoms with van der Waals surface area (Å²) in [6.45, 7) is 3.48. The molecule has 10 nitrogen and oxygen atoms in total. The molecular weight excluding hydrogens is 657 g/mol. The summed E-state index contributed by atoms with van der Waals surface area (Å²) in [5, 5.41) is 10.2. The van der Waals surface area contributed by atoms with Crippen LogP contribution in [-0.4, -0.2) is 60.5 Å². The quantitative estimate of drug-likeness (QED) is 0.0187. The molecule has 0 amide bonds. The summed E-state index contributed by atoms with van der Waals surface area (Å²) in [6.07, 6.45) is 33.5. The molecule has 0 rings (SSSR count). The molecule has 4 N–H and O–H groups in total. The normalized spacial score (nSPS) is 14.4. The molecule has 0 saturated heterocycles. The van der Waals surface area contributed by atoms with Crippen molar-refractivity contribution < 1.29 is 42.7 Å². The largest absolute Gasteiger partial charge is 0.472 e. The molecule has 0 aliphatic rings. The summed E-state index contributed by atoms with van der Waals surface area (Å²) >= 11 is 0. The number of nitrogens with two attached hydrogens (primary N) is 1. The molecule has 0 aromatic carbocycles. The van der Waals surface area contributed by atoms with Gasteiger partial charge in [0.15, 0.2) is 6.10 Å². The first kappa shape index (κ1) is 48.2. The molecule has 0 bridgehead atoms. The van der Waals surface area contributed by atoms with Gasteiger partial charge in [-0.05, 0) is 38.5 Å². The van der Waals surface area contributed by atoms with E-state index in [0.29, 0.717) is 19.3 Å². The van der Waals surface area contributed by atoms with Crippen molar-refractivity contribution in [3.05, 3.63) is 36.5 Å². The smallest absolute Gasteiger partial charge is 0.462 e. The van der Waals surface area contributed by atoms with Gasteiger partial charge in [-0.2, -0.15) is 0 Å². The predicted octanol–water partition coefficient (Wildman–Crippen LogP) is 9.58. The molecule has 292 valence electrons. The standard InChI is InChI=1S/C39H72NO9P/c1-3-5-7-9-11-13-15-16-18-19-21-23-25-28-36(41)29-27-31-38(42)46-34-37(35-48-50(44,45)47-33-32-40)49-39(43)30-26-24-22-20-17-14-12-10-8-6-4-2/h16,18,21,23,25,28,36-37,41H,3-15,17,19-20,22,24,26-27,29-35,40H2,1-2H3,(H,44,45)/b18-16+,23-21+,28-25+/t36?,37-/m1/s1. The lowest BCUT2D eigenvalue weighted by atomic mass is 10.1. The van der Waals surface area contributed by atoms with E-state index in [9.17, 15) is 24.2 Å². The summed E-state index contributed by atoms with van der Waals surface area (Å²) in [5.74, 6) is -1.03. The third-order valence-corrected chi connectivity index (χ3v) is 9.12. The third kappa shape index (κ3) is 34.6. The van der Waals surface area contributed by atoms with Crippen LogP contribution in [-0.2, 0) is 32.7 Å². The summed E-state index contributed by atoms with van der Waals surface area (Å²) < 4.78 is 32.5. The van der Waals surface area contributed by atoms with Crippen molar-refractivity contribution >= 4 is 19.8 Å². The Labute approximate surface area is 304 Å². The van der Waals surface area contributed by atoms with Crippen molar-refractivity contribution in [3.63, 3.8) is 0 Å². The van der Waals surface area contributed by atoms with Gasteiger partial charge in [-0.3, -0.25) is 18.6 Å². The van der Waals surface area contributed by atoms with Gasteiger partial charge in [0, 0.05) is 19.4 Å². The predicted molar refractivity (Wildman–Crippen MR) is 203 cm³/mol. The zero-order valence-corrected chi connectivity index (χ0v) is 32.4. The fourth-order valence-electron chi connectivity index (χ4n) is 5.17. The zero-order chi connectivity index (χ0) is 37.0. The van der Waals surface area contributed by atoms with Crippen LogP contribution in [0.25, 0.3) is 0 Å². The first-order valence-electron chi connectivity index (χ1n) is 19.6. The number of hydrogen-bond acceptors (Lipinski definition) is 9. The Hall–Kier alpha value is -1.81. The number of allylic oxidation sites excluding steroid dienone is 5. The van der Waals surface area contributed by atoms with Gasteiger partial charge in [-0.1, -0.05) is 147 Å². The summed E-state index contributed by atoms with van der Waals surface area (Å²) in [7, 11) is -4.41. The van der Waals surface area contributed by atoms with Crippen LogP contribution in [0.15, 0.2) is 36.5 Å². The van der Waals surface area contributed by atoms with Gasteiger partial charge in [0.05, 0.1) is 19.3 Å². The lowest BCUT2D eigenvalue weighted by molar-refractivity contribution is -0.161. The Morgan fingerprint density at radius 2 is 1.28 bits per heavy atom. The second-order valence-corrected chi connectivity index (χ2v) is 14.5. The number of aliphatic hydroxyl groups excluding tert-OH is 1. The maximum Gasteiger partial charge on any atom is 0.472 e. The fraction of sp³-hybridized carbons (Fsp3) is 0.795. The molecule has 0 heterocycles. The van der Waals surface area contributed by atoms with E-state index in [1.54, 1.807) is 12.2 Å². The highest BCUT2D eigenvalue weighted by atomic mass is 31.2. The topological polar surface area (TPSA) is 155 Å². The number of carbonyl (C=O) groups excluding carboxylic acids is 2. The summed E-state index contributed by atoms with van der Waals surface area (Å²) in [5.41, 5.74) is 5.32. The van der Waals surface area contributed by atoms with Gasteiger partial charge in [0.25, 0.3) is 0 Å². The molecule has 11 heteroatoms. The van der Waals surface area contributed by atoms with Crippen molar-refractivity contribution in [1.82, 2.24) is 0 Å². The van der Waals surface area contributed by atoms with Crippen LogP contribution in [0.1, 0.15) is 162 Å². The van der Waals surface area contributed by atoms with E-state index in [1.807, 2.05) is 12.2 Å². The Balaban J connectivity index is 4.39. The number of phosphoric ester groups is 1. The Morgan fingerprint density at radius 3 is 1.90 bits per heavy atom. The van der Waals surface area contributed by atoms with Crippen LogP contribution < -0.4 is 5.73 Å². The van der Waals surface area contributed by atoms with Gasteiger partial charge >= 0.3 is 19.8 Å². The van der Waals surface area contributed by atoms with Crippen molar-refractivity contribution in [2.24, 2.45) is 5.73 Å². The van der Waals surface area contributed by atoms with Crippen LogP contribution in [0.2, 0.25) is 0 Å². The van der Waals surface area contributed by atoms with E-state index in [0.717, 1.165) is 32.1 Å². The van der Waals surface area contributed by atoms with Crippen LogP contribution in [0, 0.1) is 0 Å². The molecule has 0 aromatic rings. The van der Waals surface area contributed by atoms with E-state index >= 15 is 0 Å². The van der Waals surface area contributed by atoms with Crippen molar-refractivity contribution in [2.45, 2.75) is 174 Å². The molecule has 0 aliphatic carbocycles. The van der Waals surface area contributed by atoms with Crippen molar-refractivity contribution in [1.29, 1.82) is 0 Å². The maximum atomic E-state index is 12.5. The Morgan fingerprint density at radius 1 is 0.700 bits per heavy atom. The van der Waals surface area contributed by atoms with E-state index in [1.165, 1.54) is 83.5 Å². The molecule has 2 unspecified atom stereocenters. The number of ether oxygens (including phenoxy) is 2. The first-order chi connectivity index (χ1) is 24.2. The number of aliphatic hydroxyl groups is 1. The monoisotopic (exact) mass is 729 g/mol. The molecule has 3 atom stereocenters. The average Bonchev–Trinajstić information content (AvgIpc) is 3.09. The number of phosphoric acid groups is 1. The highest BCUT2D eigenvalue weighted by Gasteiger charge is 2.26. The van der Waals surface area contributed by atoms with Gasteiger partial charge in [0.2, 0.25) is 0 Å². The minimum absolute atomic E-state index is 0.0289. The number of carbonyl (C=O) groups is 2. The molecular formula is C39H72NO9P. The molecule has 0 aromatic heterocycles. The van der Waals surface area contributed by atoms with Crippen LogP contribution in [0.3, 0.4) is 0 Å². The number of rotatable bonds is 36. The highest BCUT2D eigenvalue weighted by Crippen LogP contribution is 2.43. The van der Waals surface area contributed by atoms with Crippen molar-refractivity contribution in [2.75, 3.05) is 26.4 Å². The van der Waals surface area contributed by atoms with Gasteiger partial charge in [-0.25, -0.2) is 4.57 Å². The number of esters is 2. The molecule has 0 spiro atoms. The van der Waals surface area contributed by atoms with Gasteiger partial charge in [0.1, 0.15) is 6.61 Å². The average molecular weight is 730 g/mol. The molecule has 0 aliphatic heterocycles. The molecule has 0 saturated carbocycles. The number of hydrogen-bond donors (Lipinski definition) is 3. The molecule has 50 heavy (non-hydrogen) atoms. The minimum Gasteiger partial charge on any atom is -0.462 e. The van der Waals surface area contributed by atoms with E-state index in [2.05, 4.69) is 26.0 Å². The van der Waals surface area contributed by atoms with Gasteiger partial charge < -0.3 is 25.2 Å². The molecule has 0 radical (unpaired) electrons.